The minimum atomic E-state index is 0.178. The molecular formula is C15H18N2OS. The van der Waals surface area contributed by atoms with Crippen LogP contribution >= 0.6 is 12.2 Å². The highest BCUT2D eigenvalue weighted by Crippen LogP contribution is 2.12. The van der Waals surface area contributed by atoms with Crippen molar-refractivity contribution in [1.82, 2.24) is 10.6 Å². The molecule has 1 aromatic carbocycles. The standard InChI is InChI=1S/C15H18N2OS/c1-11-5-7-13(8-6-11)12(2)17-15(19)16-10-14-4-3-9-18-14/h3-9,12H,10H2,1-2H3,(H2,16,17,19). The van der Waals surface area contributed by atoms with Crippen LogP contribution in [0.15, 0.2) is 47.1 Å². The second kappa shape index (κ2) is 6.38. The maximum Gasteiger partial charge on any atom is 0.167 e. The van der Waals surface area contributed by atoms with Crippen molar-refractivity contribution in [3.8, 4) is 0 Å². The minimum Gasteiger partial charge on any atom is -0.467 e. The average molecular weight is 274 g/mol. The van der Waals surface area contributed by atoms with Crippen LogP contribution in [0.5, 0.6) is 0 Å². The topological polar surface area (TPSA) is 37.2 Å². The molecule has 0 spiro atoms. The Labute approximate surface area is 119 Å². The van der Waals surface area contributed by atoms with Gasteiger partial charge in [0.25, 0.3) is 0 Å². The molecule has 0 saturated heterocycles. The molecule has 0 aliphatic carbocycles. The molecule has 0 aliphatic rings. The van der Waals surface area contributed by atoms with Gasteiger partial charge in [-0.2, -0.15) is 0 Å². The first kappa shape index (κ1) is 13.6. The number of thiocarbonyl (C=S) groups is 1. The molecule has 1 atom stereocenters. The molecule has 0 radical (unpaired) electrons. The molecule has 19 heavy (non-hydrogen) atoms. The van der Waals surface area contributed by atoms with E-state index < -0.39 is 0 Å². The van der Waals surface area contributed by atoms with E-state index in [4.69, 9.17) is 16.6 Å². The third-order valence-corrected chi connectivity index (χ3v) is 3.19. The van der Waals surface area contributed by atoms with E-state index in [2.05, 4.69) is 48.7 Å². The molecule has 3 nitrogen and oxygen atoms in total. The number of furan rings is 1. The van der Waals surface area contributed by atoms with Crippen LogP contribution in [0.1, 0.15) is 29.9 Å². The largest absolute Gasteiger partial charge is 0.467 e. The monoisotopic (exact) mass is 274 g/mol. The van der Waals surface area contributed by atoms with Crippen LogP contribution in [0.3, 0.4) is 0 Å². The average Bonchev–Trinajstić information content (AvgIpc) is 2.90. The maximum atomic E-state index is 5.27. The quantitative estimate of drug-likeness (QED) is 0.839. The van der Waals surface area contributed by atoms with Gasteiger partial charge in [0.2, 0.25) is 0 Å². The summed E-state index contributed by atoms with van der Waals surface area (Å²) in [5, 5.41) is 7.01. The molecule has 1 unspecified atom stereocenters. The summed E-state index contributed by atoms with van der Waals surface area (Å²) in [6.07, 6.45) is 1.66. The zero-order valence-electron chi connectivity index (χ0n) is 11.1. The number of hydrogen-bond donors (Lipinski definition) is 2. The smallest absolute Gasteiger partial charge is 0.167 e. The van der Waals surface area contributed by atoms with Gasteiger partial charge in [-0.15, -0.1) is 0 Å². The number of aryl methyl sites for hydroxylation is 1. The molecular weight excluding hydrogens is 256 g/mol. The van der Waals surface area contributed by atoms with E-state index in [1.54, 1.807) is 6.26 Å². The third kappa shape index (κ3) is 4.10. The maximum absolute atomic E-state index is 5.27. The van der Waals surface area contributed by atoms with Gasteiger partial charge >= 0.3 is 0 Å². The molecule has 100 valence electrons. The van der Waals surface area contributed by atoms with Crippen molar-refractivity contribution in [3.05, 3.63) is 59.5 Å². The highest BCUT2D eigenvalue weighted by Gasteiger charge is 2.06. The van der Waals surface area contributed by atoms with Crippen LogP contribution < -0.4 is 10.6 Å². The molecule has 2 rings (SSSR count). The summed E-state index contributed by atoms with van der Waals surface area (Å²) < 4.78 is 5.24. The van der Waals surface area contributed by atoms with Crippen molar-refractivity contribution in [3.63, 3.8) is 0 Å². The first-order valence-electron chi connectivity index (χ1n) is 6.28. The van der Waals surface area contributed by atoms with E-state index in [1.807, 2.05) is 12.1 Å². The van der Waals surface area contributed by atoms with Crippen molar-refractivity contribution < 1.29 is 4.42 Å². The minimum absolute atomic E-state index is 0.178. The number of benzene rings is 1. The Bertz CT molecular complexity index is 520. The van der Waals surface area contributed by atoms with Crippen LogP contribution in [0, 0.1) is 6.92 Å². The zero-order valence-corrected chi connectivity index (χ0v) is 12.0. The van der Waals surface area contributed by atoms with Crippen molar-refractivity contribution in [2.24, 2.45) is 0 Å². The van der Waals surface area contributed by atoms with E-state index in [0.717, 1.165) is 5.76 Å². The molecule has 0 aliphatic heterocycles. The van der Waals surface area contributed by atoms with E-state index in [-0.39, 0.29) is 6.04 Å². The Morgan fingerprint density at radius 1 is 1.26 bits per heavy atom. The lowest BCUT2D eigenvalue weighted by atomic mass is 10.1. The summed E-state index contributed by atoms with van der Waals surface area (Å²) in [7, 11) is 0. The molecule has 0 amide bonds. The van der Waals surface area contributed by atoms with E-state index in [0.29, 0.717) is 11.7 Å². The summed E-state index contributed by atoms with van der Waals surface area (Å²) in [6, 6.07) is 12.4. The second-order valence-corrected chi connectivity index (χ2v) is 4.95. The Kier molecular flexibility index (Phi) is 4.58. The van der Waals surface area contributed by atoms with Crippen LogP contribution in [-0.4, -0.2) is 5.11 Å². The highest BCUT2D eigenvalue weighted by molar-refractivity contribution is 7.80. The predicted octanol–water partition coefficient (Wildman–Crippen LogP) is 3.31. The van der Waals surface area contributed by atoms with Crippen molar-refractivity contribution >= 4 is 17.3 Å². The predicted molar refractivity (Wildman–Crippen MR) is 80.9 cm³/mol. The second-order valence-electron chi connectivity index (χ2n) is 4.54. The van der Waals surface area contributed by atoms with Crippen molar-refractivity contribution in [2.45, 2.75) is 26.4 Å². The first-order chi connectivity index (χ1) is 9.15. The molecule has 1 heterocycles. The summed E-state index contributed by atoms with van der Waals surface area (Å²) in [5.74, 6) is 0.868. The van der Waals surface area contributed by atoms with Gasteiger partial charge in [-0.25, -0.2) is 0 Å². The van der Waals surface area contributed by atoms with Crippen LogP contribution in [0.25, 0.3) is 0 Å². The van der Waals surface area contributed by atoms with Gasteiger partial charge in [0.1, 0.15) is 5.76 Å². The molecule has 2 aromatic rings. The van der Waals surface area contributed by atoms with E-state index >= 15 is 0 Å². The number of nitrogens with one attached hydrogen (secondary N) is 2. The zero-order chi connectivity index (χ0) is 13.7. The molecule has 2 N–H and O–H groups in total. The lowest BCUT2D eigenvalue weighted by molar-refractivity contribution is 0.501. The van der Waals surface area contributed by atoms with Gasteiger partial charge in [0.05, 0.1) is 18.8 Å². The number of rotatable bonds is 4. The van der Waals surface area contributed by atoms with Crippen LogP contribution in [-0.2, 0) is 6.54 Å². The van der Waals surface area contributed by atoms with E-state index in [1.165, 1.54) is 11.1 Å². The van der Waals surface area contributed by atoms with E-state index in [9.17, 15) is 0 Å². The van der Waals surface area contributed by atoms with Gasteiger partial charge in [-0.3, -0.25) is 0 Å². The van der Waals surface area contributed by atoms with Gasteiger partial charge in [-0.1, -0.05) is 29.8 Å². The Balaban J connectivity index is 1.83. The molecule has 0 saturated carbocycles. The normalized spacial score (nSPS) is 11.9. The summed E-state index contributed by atoms with van der Waals surface area (Å²) in [6.45, 7) is 4.77. The highest BCUT2D eigenvalue weighted by atomic mass is 32.1. The van der Waals surface area contributed by atoms with Gasteiger partial charge in [-0.05, 0) is 43.8 Å². The summed E-state index contributed by atoms with van der Waals surface area (Å²) in [4.78, 5) is 0. The first-order valence-corrected chi connectivity index (χ1v) is 6.69. The fourth-order valence-electron chi connectivity index (χ4n) is 1.77. The molecule has 0 bridgehead atoms. The van der Waals surface area contributed by atoms with Crippen molar-refractivity contribution in [2.75, 3.05) is 0 Å². The van der Waals surface area contributed by atoms with Crippen molar-refractivity contribution in [1.29, 1.82) is 0 Å². The Morgan fingerprint density at radius 2 is 2.00 bits per heavy atom. The summed E-state index contributed by atoms with van der Waals surface area (Å²) in [5.41, 5.74) is 2.47. The third-order valence-electron chi connectivity index (χ3n) is 2.93. The lowest BCUT2D eigenvalue weighted by Gasteiger charge is -2.17. The van der Waals surface area contributed by atoms with Gasteiger partial charge in [0, 0.05) is 0 Å². The SMILES string of the molecule is Cc1ccc(C(C)NC(=S)NCc2ccco2)cc1. The Morgan fingerprint density at radius 3 is 2.63 bits per heavy atom. The molecule has 0 fully saturated rings. The number of hydrogen-bond acceptors (Lipinski definition) is 2. The Hall–Kier alpha value is -1.81. The fourth-order valence-corrected chi connectivity index (χ4v) is 2.02. The molecule has 1 aromatic heterocycles. The fraction of sp³-hybridized carbons (Fsp3) is 0.267. The van der Waals surface area contributed by atoms with Gasteiger partial charge < -0.3 is 15.1 Å². The lowest BCUT2D eigenvalue weighted by Crippen LogP contribution is -2.36. The van der Waals surface area contributed by atoms with Crippen LogP contribution in [0.4, 0.5) is 0 Å². The van der Waals surface area contributed by atoms with Gasteiger partial charge in [0.15, 0.2) is 5.11 Å². The molecule has 4 heteroatoms. The van der Waals surface area contributed by atoms with Crippen LogP contribution in [0.2, 0.25) is 0 Å². The summed E-state index contributed by atoms with van der Waals surface area (Å²) >= 11 is 5.27.